The van der Waals surface area contributed by atoms with Crippen LogP contribution >= 0.6 is 34.8 Å². The molecule has 8 heteroatoms. The highest BCUT2D eigenvalue weighted by Crippen LogP contribution is 2.22. The Bertz CT molecular complexity index is 233. The summed E-state index contributed by atoms with van der Waals surface area (Å²) in [5, 5.41) is 17.6. The highest BCUT2D eigenvalue weighted by molar-refractivity contribution is 6.59. The maximum absolute atomic E-state index is 10.2. The van der Waals surface area contributed by atoms with Crippen molar-refractivity contribution in [1.29, 1.82) is 0 Å². The molecule has 5 nitrogen and oxygen atoms in total. The number of nitrogens with zero attached hydrogens (tertiary/aromatic N) is 1. The van der Waals surface area contributed by atoms with Gasteiger partial charge in [-0.05, 0) is 0 Å². The zero-order valence-electron chi connectivity index (χ0n) is 5.33. The van der Waals surface area contributed by atoms with Crippen LogP contribution in [-0.2, 0) is 4.79 Å². The van der Waals surface area contributed by atoms with E-state index in [9.17, 15) is 14.9 Å². The largest absolute Gasteiger partial charge is 0.476 e. The molecule has 0 heterocycles. The molecule has 0 amide bonds. The first kappa shape index (κ1) is 11.5. The van der Waals surface area contributed by atoms with E-state index in [-0.39, 0.29) is 0 Å². The van der Waals surface area contributed by atoms with Crippen LogP contribution in [0, 0.1) is 10.1 Å². The zero-order valence-corrected chi connectivity index (χ0v) is 7.60. The fourth-order valence-electron chi connectivity index (χ4n) is 0.394. The minimum absolute atomic E-state index is 0.624. The molecule has 0 unspecified atom stereocenters. The second-order valence-corrected chi connectivity index (χ2v) is 2.99. The molecule has 0 rings (SSSR count). The Kier molecular flexibility index (Phi) is 4.30. The number of carboxylic acid groups (broad SMARTS) is 1. The number of nitro groups is 1. The molecule has 0 bridgehead atoms. The second kappa shape index (κ2) is 4.49. The molecule has 0 aromatic carbocycles. The Morgan fingerprint density at radius 2 is 1.83 bits per heavy atom. The van der Waals surface area contributed by atoms with Crippen LogP contribution in [0.2, 0.25) is 0 Å². The van der Waals surface area contributed by atoms with E-state index >= 15 is 0 Å². The highest BCUT2D eigenvalue weighted by Gasteiger charge is 2.34. The summed E-state index contributed by atoms with van der Waals surface area (Å²) < 4.78 is -0.624. The smallest absolute Gasteiger partial charge is 0.385 e. The van der Waals surface area contributed by atoms with Crippen molar-refractivity contribution < 1.29 is 14.8 Å². The zero-order chi connectivity index (χ0) is 9.89. The predicted molar refractivity (Wildman–Crippen MR) is 43.0 cm³/mol. The van der Waals surface area contributed by atoms with Gasteiger partial charge in [0.15, 0.2) is 0 Å². The molecule has 0 aromatic heterocycles. The van der Waals surface area contributed by atoms with Gasteiger partial charge in [-0.25, -0.2) is 4.79 Å². The van der Waals surface area contributed by atoms with Crippen molar-refractivity contribution in [2.24, 2.45) is 0 Å². The van der Waals surface area contributed by atoms with Crippen molar-refractivity contribution in [3.05, 3.63) is 19.6 Å². The van der Waals surface area contributed by atoms with E-state index in [1.54, 1.807) is 0 Å². The van der Waals surface area contributed by atoms with E-state index in [1.165, 1.54) is 0 Å². The lowest BCUT2D eigenvalue weighted by atomic mass is 10.3. The van der Waals surface area contributed by atoms with Crippen molar-refractivity contribution in [1.82, 2.24) is 0 Å². The summed E-state index contributed by atoms with van der Waals surface area (Å²) in [5.74, 6) is -1.72. The van der Waals surface area contributed by atoms with E-state index in [1.807, 2.05) is 0 Å². The van der Waals surface area contributed by atoms with Crippen LogP contribution in [0.4, 0.5) is 0 Å². The molecule has 0 saturated carbocycles. The van der Waals surface area contributed by atoms with Crippen molar-refractivity contribution >= 4 is 40.8 Å². The molecule has 0 spiro atoms. The van der Waals surface area contributed by atoms with E-state index in [0.29, 0.717) is 0 Å². The number of hydrogen-bond donors (Lipinski definition) is 1. The van der Waals surface area contributed by atoms with Gasteiger partial charge < -0.3 is 5.11 Å². The maximum Gasteiger partial charge on any atom is 0.385 e. The van der Waals surface area contributed by atoms with Crippen LogP contribution in [0.3, 0.4) is 0 Å². The Morgan fingerprint density at radius 3 is 1.92 bits per heavy atom. The topological polar surface area (TPSA) is 80.4 Å². The lowest BCUT2D eigenvalue weighted by molar-refractivity contribution is -0.498. The van der Waals surface area contributed by atoms with Gasteiger partial charge in [0.05, 0.1) is 0 Å². The first-order valence-corrected chi connectivity index (χ1v) is 3.58. The van der Waals surface area contributed by atoms with E-state index in [0.717, 1.165) is 0 Å². The van der Waals surface area contributed by atoms with Crippen LogP contribution in [0.25, 0.3) is 0 Å². The lowest BCUT2D eigenvalue weighted by Gasteiger charge is -2.01. The summed E-state index contributed by atoms with van der Waals surface area (Å²) in [6, 6.07) is -2.10. The number of carbonyl (C=O) groups is 1. The molecule has 0 saturated heterocycles. The predicted octanol–water partition coefficient (Wildman–Crippen LogP) is 1.60. The molecule has 0 radical (unpaired) electrons. The van der Waals surface area contributed by atoms with E-state index < -0.39 is 26.5 Å². The minimum atomic E-state index is -2.10. The molecule has 0 aliphatic carbocycles. The van der Waals surface area contributed by atoms with Gasteiger partial charge in [-0.15, -0.1) is 0 Å². The Hall–Kier alpha value is -0.520. The molecule has 0 aliphatic heterocycles. The number of halogens is 3. The molecular formula is C4H2Cl3NO4. The molecule has 68 valence electrons. The molecule has 1 atom stereocenters. The normalized spacial score (nSPS) is 11.9. The van der Waals surface area contributed by atoms with Crippen molar-refractivity contribution in [2.75, 3.05) is 0 Å². The third-order valence-corrected chi connectivity index (χ3v) is 1.86. The number of carboxylic acids is 1. The van der Waals surface area contributed by atoms with Crippen LogP contribution in [0.15, 0.2) is 9.52 Å². The number of rotatable bonds is 3. The second-order valence-electron chi connectivity index (χ2n) is 1.63. The summed E-state index contributed by atoms with van der Waals surface area (Å²) in [6.45, 7) is 0. The fraction of sp³-hybridized carbons (Fsp3) is 0.250. The summed E-state index contributed by atoms with van der Waals surface area (Å²) in [7, 11) is 0. The molecular weight excluding hydrogens is 232 g/mol. The van der Waals surface area contributed by atoms with Crippen molar-refractivity contribution in [3.8, 4) is 0 Å². The third-order valence-electron chi connectivity index (χ3n) is 0.865. The quantitative estimate of drug-likeness (QED) is 0.594. The van der Waals surface area contributed by atoms with Gasteiger partial charge >= 0.3 is 12.0 Å². The van der Waals surface area contributed by atoms with Crippen LogP contribution in [0.1, 0.15) is 0 Å². The van der Waals surface area contributed by atoms with E-state index in [2.05, 4.69) is 0 Å². The highest BCUT2D eigenvalue weighted by atomic mass is 35.5. The van der Waals surface area contributed by atoms with Crippen LogP contribution in [0.5, 0.6) is 0 Å². The monoisotopic (exact) mass is 233 g/mol. The Labute approximate surface area is 81.7 Å². The van der Waals surface area contributed by atoms with Gasteiger partial charge in [0.25, 0.3) is 0 Å². The minimum Gasteiger partial charge on any atom is -0.476 e. The summed E-state index contributed by atoms with van der Waals surface area (Å²) in [4.78, 5) is 19.2. The molecule has 1 N–H and O–H groups in total. The van der Waals surface area contributed by atoms with Gasteiger partial charge in [-0.2, -0.15) is 0 Å². The molecule has 0 aliphatic rings. The van der Waals surface area contributed by atoms with Gasteiger partial charge in [-0.3, -0.25) is 10.1 Å². The maximum atomic E-state index is 10.2. The standard InChI is InChI=1S/C4H2Cl3NO4/c5-1(3(6)7)2(4(9)10)8(11)12/h2H,(H,9,10)/t2-/m0/s1. The van der Waals surface area contributed by atoms with E-state index in [4.69, 9.17) is 39.9 Å². The van der Waals surface area contributed by atoms with Gasteiger partial charge in [0.2, 0.25) is 0 Å². The van der Waals surface area contributed by atoms with Crippen LogP contribution < -0.4 is 0 Å². The third kappa shape index (κ3) is 2.84. The number of hydrogen-bond acceptors (Lipinski definition) is 3. The molecule has 0 aromatic rings. The first-order chi connectivity index (χ1) is 5.37. The Morgan fingerprint density at radius 1 is 1.42 bits per heavy atom. The lowest BCUT2D eigenvalue weighted by Crippen LogP contribution is -2.29. The summed E-state index contributed by atoms with van der Waals surface area (Å²) >= 11 is 15.3. The summed E-state index contributed by atoms with van der Waals surface area (Å²) in [5.41, 5.74) is 0. The van der Waals surface area contributed by atoms with Crippen molar-refractivity contribution in [2.45, 2.75) is 6.04 Å². The van der Waals surface area contributed by atoms with Gasteiger partial charge in [0.1, 0.15) is 9.52 Å². The molecule has 0 fully saturated rings. The fourth-order valence-corrected chi connectivity index (χ4v) is 0.774. The Balaban J connectivity index is 4.90. The van der Waals surface area contributed by atoms with Gasteiger partial charge in [-0.1, -0.05) is 34.8 Å². The van der Waals surface area contributed by atoms with Crippen LogP contribution in [-0.4, -0.2) is 22.0 Å². The first-order valence-electron chi connectivity index (χ1n) is 2.45. The summed E-state index contributed by atoms with van der Waals surface area (Å²) in [6.07, 6.45) is 0. The molecule has 12 heavy (non-hydrogen) atoms. The van der Waals surface area contributed by atoms with Crippen molar-refractivity contribution in [3.63, 3.8) is 0 Å². The SMILES string of the molecule is O=C(O)[C@H](C(Cl)=C(Cl)Cl)[N+](=O)[O-]. The average Bonchev–Trinajstić information content (AvgIpc) is 1.85. The average molecular weight is 234 g/mol. The van der Waals surface area contributed by atoms with Gasteiger partial charge in [0, 0.05) is 4.92 Å². The number of aliphatic carboxylic acids is 1.